The number of carbonyl (C=O) groups excluding carboxylic acids is 1. The van der Waals surface area contributed by atoms with Crippen LogP contribution < -0.4 is 20.3 Å². The van der Waals surface area contributed by atoms with Crippen LogP contribution in [0.15, 0.2) is 30.3 Å². The predicted octanol–water partition coefficient (Wildman–Crippen LogP) is 3.03. The number of nitrogens with one attached hydrogen (secondary N) is 2. The second-order valence-corrected chi connectivity index (χ2v) is 7.52. The lowest BCUT2D eigenvalue weighted by Crippen LogP contribution is -2.37. The summed E-state index contributed by atoms with van der Waals surface area (Å²) in [6.07, 6.45) is 3.38. The molecule has 31 heavy (non-hydrogen) atoms. The van der Waals surface area contributed by atoms with Gasteiger partial charge in [-0.2, -0.15) is 0 Å². The molecule has 2 aromatic rings. The molecule has 1 aromatic heterocycles. The van der Waals surface area contributed by atoms with Gasteiger partial charge in [0.15, 0.2) is 0 Å². The first-order valence-corrected chi connectivity index (χ1v) is 11.1. The first kappa shape index (κ1) is 22.8. The monoisotopic (exact) mass is 427 g/mol. The molecule has 8 nitrogen and oxygen atoms in total. The van der Waals surface area contributed by atoms with Gasteiger partial charge in [-0.3, -0.25) is 4.79 Å². The number of morpholine rings is 1. The molecule has 0 atom stereocenters. The van der Waals surface area contributed by atoms with Crippen molar-refractivity contribution in [1.29, 1.82) is 0 Å². The number of amides is 1. The Morgan fingerprint density at radius 2 is 1.90 bits per heavy atom. The molecule has 168 valence electrons. The lowest BCUT2D eigenvalue weighted by Gasteiger charge is -2.28. The van der Waals surface area contributed by atoms with Gasteiger partial charge in [-0.1, -0.05) is 19.8 Å². The fraction of sp³-hybridized carbons (Fsp3) is 0.522. The Morgan fingerprint density at radius 1 is 1.13 bits per heavy atom. The third-order valence-electron chi connectivity index (χ3n) is 5.01. The third kappa shape index (κ3) is 7.40. The highest BCUT2D eigenvalue weighted by atomic mass is 16.5. The van der Waals surface area contributed by atoms with Crippen molar-refractivity contribution >= 4 is 17.5 Å². The SMILES string of the molecule is CCCCCOc1ccc(C(=O)NCCNc2cc(N3CCOCC3)nc(C)n2)cc1. The van der Waals surface area contributed by atoms with Gasteiger partial charge in [-0.25, -0.2) is 9.97 Å². The maximum Gasteiger partial charge on any atom is 0.251 e. The molecule has 2 N–H and O–H groups in total. The smallest absolute Gasteiger partial charge is 0.251 e. The van der Waals surface area contributed by atoms with Gasteiger partial charge in [0.25, 0.3) is 5.91 Å². The fourth-order valence-electron chi connectivity index (χ4n) is 3.31. The zero-order valence-corrected chi connectivity index (χ0v) is 18.5. The molecular weight excluding hydrogens is 394 g/mol. The highest BCUT2D eigenvalue weighted by molar-refractivity contribution is 5.94. The van der Waals surface area contributed by atoms with Crippen LogP contribution in [-0.2, 0) is 4.74 Å². The minimum atomic E-state index is -0.104. The Bertz CT molecular complexity index is 822. The lowest BCUT2D eigenvalue weighted by atomic mass is 10.2. The fourth-order valence-corrected chi connectivity index (χ4v) is 3.31. The van der Waals surface area contributed by atoms with E-state index < -0.39 is 0 Å². The lowest BCUT2D eigenvalue weighted by molar-refractivity contribution is 0.0955. The van der Waals surface area contributed by atoms with Crippen molar-refractivity contribution < 1.29 is 14.3 Å². The summed E-state index contributed by atoms with van der Waals surface area (Å²) in [5.74, 6) is 3.07. The average Bonchev–Trinajstić information content (AvgIpc) is 2.80. The molecule has 1 aromatic carbocycles. The number of aromatic nitrogens is 2. The maximum atomic E-state index is 12.4. The summed E-state index contributed by atoms with van der Waals surface area (Å²) in [4.78, 5) is 23.5. The number of hydrogen-bond acceptors (Lipinski definition) is 7. The van der Waals surface area contributed by atoms with E-state index in [4.69, 9.17) is 9.47 Å². The van der Waals surface area contributed by atoms with Gasteiger partial charge in [0.05, 0.1) is 19.8 Å². The van der Waals surface area contributed by atoms with E-state index in [1.165, 1.54) is 6.42 Å². The Morgan fingerprint density at radius 3 is 2.65 bits per heavy atom. The third-order valence-corrected chi connectivity index (χ3v) is 5.01. The largest absolute Gasteiger partial charge is 0.494 e. The van der Waals surface area contributed by atoms with Crippen molar-refractivity contribution in [2.75, 3.05) is 56.2 Å². The van der Waals surface area contributed by atoms with Gasteiger partial charge in [0.2, 0.25) is 0 Å². The van der Waals surface area contributed by atoms with Crippen molar-refractivity contribution in [2.45, 2.75) is 33.1 Å². The molecule has 2 heterocycles. The maximum absolute atomic E-state index is 12.4. The molecule has 8 heteroatoms. The highest BCUT2D eigenvalue weighted by Crippen LogP contribution is 2.17. The number of anilines is 2. The van der Waals surface area contributed by atoms with Crippen LogP contribution in [0.1, 0.15) is 42.4 Å². The van der Waals surface area contributed by atoms with Gasteiger partial charge in [0.1, 0.15) is 23.2 Å². The summed E-state index contributed by atoms with van der Waals surface area (Å²) in [5, 5.41) is 6.20. The van der Waals surface area contributed by atoms with E-state index in [1.807, 2.05) is 25.1 Å². The van der Waals surface area contributed by atoms with E-state index in [0.29, 0.717) is 44.3 Å². The van der Waals surface area contributed by atoms with Crippen LogP contribution in [0.5, 0.6) is 5.75 Å². The van der Waals surface area contributed by atoms with Crippen molar-refractivity contribution in [1.82, 2.24) is 15.3 Å². The van der Waals surface area contributed by atoms with E-state index in [0.717, 1.165) is 43.3 Å². The number of benzene rings is 1. The zero-order valence-electron chi connectivity index (χ0n) is 18.5. The topological polar surface area (TPSA) is 88.6 Å². The van der Waals surface area contributed by atoms with Crippen LogP contribution in [0.25, 0.3) is 0 Å². The molecule has 0 aliphatic carbocycles. The summed E-state index contributed by atoms with van der Waals surface area (Å²) in [6.45, 7) is 8.90. The molecule has 1 aliphatic rings. The van der Waals surface area contributed by atoms with E-state index in [9.17, 15) is 4.79 Å². The molecule has 1 fully saturated rings. The summed E-state index contributed by atoms with van der Waals surface area (Å²) in [5.41, 5.74) is 0.619. The minimum Gasteiger partial charge on any atom is -0.494 e. The quantitative estimate of drug-likeness (QED) is 0.533. The molecule has 3 rings (SSSR count). The number of hydrogen-bond donors (Lipinski definition) is 2. The van der Waals surface area contributed by atoms with Crippen LogP contribution in [0.3, 0.4) is 0 Å². The van der Waals surface area contributed by atoms with Gasteiger partial charge < -0.3 is 25.0 Å². The van der Waals surface area contributed by atoms with Crippen molar-refractivity contribution in [2.24, 2.45) is 0 Å². The zero-order chi connectivity index (χ0) is 21.9. The molecule has 0 spiro atoms. The van der Waals surface area contributed by atoms with Crippen molar-refractivity contribution in [3.63, 3.8) is 0 Å². The summed E-state index contributed by atoms with van der Waals surface area (Å²) in [7, 11) is 0. The second-order valence-electron chi connectivity index (χ2n) is 7.52. The number of unbranched alkanes of at least 4 members (excludes halogenated alkanes) is 2. The molecule has 0 saturated carbocycles. The molecule has 1 aliphatic heterocycles. The van der Waals surface area contributed by atoms with Crippen molar-refractivity contribution in [3.05, 3.63) is 41.7 Å². The van der Waals surface area contributed by atoms with E-state index in [2.05, 4.69) is 32.4 Å². The molecule has 1 saturated heterocycles. The van der Waals surface area contributed by atoms with Gasteiger partial charge >= 0.3 is 0 Å². The number of rotatable bonds is 11. The van der Waals surface area contributed by atoms with Crippen molar-refractivity contribution in [3.8, 4) is 5.75 Å². The summed E-state index contributed by atoms with van der Waals surface area (Å²) < 4.78 is 11.1. The molecular formula is C23H33N5O3. The average molecular weight is 428 g/mol. The Labute approximate surface area is 184 Å². The normalized spacial score (nSPS) is 13.7. The molecule has 1 amide bonds. The number of aryl methyl sites for hydroxylation is 1. The van der Waals surface area contributed by atoms with Gasteiger partial charge in [-0.05, 0) is 37.6 Å². The molecule has 0 radical (unpaired) electrons. The van der Waals surface area contributed by atoms with Crippen LogP contribution >= 0.6 is 0 Å². The standard InChI is InChI=1S/C23H33N5O3/c1-3-4-5-14-31-20-8-6-19(7-9-20)23(29)25-11-10-24-21-17-22(27-18(2)26-21)28-12-15-30-16-13-28/h6-9,17H,3-5,10-16H2,1-2H3,(H,25,29)(H,24,26,27). The van der Waals surface area contributed by atoms with Gasteiger partial charge in [-0.15, -0.1) is 0 Å². The van der Waals surface area contributed by atoms with Crippen LogP contribution in [0.4, 0.5) is 11.6 Å². The molecule has 0 unspecified atom stereocenters. The number of ether oxygens (including phenoxy) is 2. The first-order valence-electron chi connectivity index (χ1n) is 11.1. The predicted molar refractivity (Wildman–Crippen MR) is 122 cm³/mol. The van der Waals surface area contributed by atoms with Crippen LogP contribution in [0, 0.1) is 6.92 Å². The summed E-state index contributed by atoms with van der Waals surface area (Å²) in [6, 6.07) is 9.21. The van der Waals surface area contributed by atoms with Crippen LogP contribution in [-0.4, -0.2) is 61.9 Å². The van der Waals surface area contributed by atoms with E-state index in [1.54, 1.807) is 12.1 Å². The summed E-state index contributed by atoms with van der Waals surface area (Å²) >= 11 is 0. The van der Waals surface area contributed by atoms with E-state index in [-0.39, 0.29) is 5.91 Å². The van der Waals surface area contributed by atoms with Crippen LogP contribution in [0.2, 0.25) is 0 Å². The number of nitrogens with zero attached hydrogens (tertiary/aromatic N) is 3. The number of carbonyl (C=O) groups is 1. The highest BCUT2D eigenvalue weighted by Gasteiger charge is 2.14. The Balaban J connectivity index is 1.42. The Hall–Kier alpha value is -2.87. The second kappa shape index (κ2) is 12.1. The molecule has 0 bridgehead atoms. The Kier molecular flexibility index (Phi) is 8.90. The first-order chi connectivity index (χ1) is 15.2. The van der Waals surface area contributed by atoms with Gasteiger partial charge in [0, 0.05) is 37.8 Å². The minimum absolute atomic E-state index is 0.104. The van der Waals surface area contributed by atoms with E-state index >= 15 is 0 Å².